The number of carbonyl (C=O) groups is 2. The monoisotopic (exact) mass is 670 g/mol. The average molecular weight is 671 g/mol. The number of H-pyrrole nitrogens is 1. The minimum absolute atomic E-state index is 0.00118. The number of anilines is 1. The van der Waals surface area contributed by atoms with E-state index in [4.69, 9.17) is 14.0 Å². The summed E-state index contributed by atoms with van der Waals surface area (Å²) in [6.07, 6.45) is -8.94. The summed E-state index contributed by atoms with van der Waals surface area (Å²) in [7, 11) is 0. The summed E-state index contributed by atoms with van der Waals surface area (Å²) >= 11 is 0. The van der Waals surface area contributed by atoms with E-state index in [0.717, 1.165) is 22.7 Å². The second-order valence-electron chi connectivity index (χ2n) is 11.2. The molecule has 6 aromatic rings. The van der Waals surface area contributed by atoms with E-state index in [1.165, 1.54) is 12.1 Å². The Balaban J connectivity index is 1.35. The number of para-hydroxylation sites is 1. The van der Waals surface area contributed by atoms with Gasteiger partial charge in [-0.1, -0.05) is 30.3 Å². The van der Waals surface area contributed by atoms with Gasteiger partial charge >= 0.3 is 24.3 Å². The zero-order chi connectivity index (χ0) is 33.8. The molecule has 15 heteroatoms. The zero-order valence-electron chi connectivity index (χ0n) is 24.7. The van der Waals surface area contributed by atoms with E-state index in [9.17, 15) is 35.9 Å². The fourth-order valence-corrected chi connectivity index (χ4v) is 6.03. The van der Waals surface area contributed by atoms with Crippen LogP contribution in [0.5, 0.6) is 5.75 Å². The van der Waals surface area contributed by atoms with E-state index in [-0.39, 0.29) is 34.5 Å². The molecule has 1 saturated heterocycles. The number of benzene rings is 3. The summed E-state index contributed by atoms with van der Waals surface area (Å²) < 4.78 is 92.0. The highest BCUT2D eigenvalue weighted by atomic mass is 19.4. The smallest absolute Gasteiger partial charge is 0.456 e. The standard InChI is InChI=1S/C33H24F6N4O5/c34-32(35,36)30(44)47-26-10-4-8-23-28(26)29(27-17-19-5-1-2-9-25(19)46-27)24(43(23)48-31(45)33(37,38)39)18-41-13-15-42(16-14-41)22-7-3-6-21-20(22)11-12-40-21/h1-12,17,40H,13-16,18H2. The number of ether oxygens (including phenoxy) is 1. The number of aromatic amines is 1. The van der Waals surface area contributed by atoms with Gasteiger partial charge in [-0.3, -0.25) is 4.90 Å². The van der Waals surface area contributed by atoms with Crippen LogP contribution in [0.4, 0.5) is 32.0 Å². The van der Waals surface area contributed by atoms with Gasteiger partial charge in [0.15, 0.2) is 0 Å². The molecule has 4 heterocycles. The Morgan fingerprint density at radius 2 is 1.56 bits per heavy atom. The number of hydrogen-bond donors (Lipinski definition) is 1. The molecular formula is C33H24F6N4O5. The van der Waals surface area contributed by atoms with E-state index < -0.39 is 30.0 Å². The second kappa shape index (κ2) is 11.7. The van der Waals surface area contributed by atoms with E-state index in [1.54, 1.807) is 30.3 Å². The highest BCUT2D eigenvalue weighted by molar-refractivity contribution is 6.04. The minimum Gasteiger partial charge on any atom is -0.456 e. The quantitative estimate of drug-likeness (QED) is 0.118. The van der Waals surface area contributed by atoms with Crippen molar-refractivity contribution in [2.75, 3.05) is 31.1 Å². The molecule has 0 unspecified atom stereocenters. The molecule has 1 aliphatic heterocycles. The van der Waals surface area contributed by atoms with Crippen LogP contribution in [0, 0.1) is 0 Å². The van der Waals surface area contributed by atoms with Crippen molar-refractivity contribution in [1.29, 1.82) is 0 Å². The van der Waals surface area contributed by atoms with Crippen molar-refractivity contribution in [1.82, 2.24) is 14.6 Å². The summed E-state index contributed by atoms with van der Waals surface area (Å²) in [5.74, 6) is -5.66. The number of esters is 1. The first kappa shape index (κ1) is 31.2. The molecule has 1 fully saturated rings. The molecule has 248 valence electrons. The van der Waals surface area contributed by atoms with Crippen LogP contribution < -0.4 is 14.5 Å². The first-order valence-corrected chi connectivity index (χ1v) is 14.7. The van der Waals surface area contributed by atoms with Crippen LogP contribution in [0.1, 0.15) is 5.69 Å². The number of halogens is 6. The predicted octanol–water partition coefficient (Wildman–Crippen LogP) is 6.84. The Labute approximate surface area is 266 Å². The fraction of sp³-hybridized carbons (Fsp3) is 0.212. The third kappa shape index (κ3) is 5.70. The van der Waals surface area contributed by atoms with Crippen molar-refractivity contribution in [3.8, 4) is 17.1 Å². The van der Waals surface area contributed by atoms with Gasteiger partial charge in [0.1, 0.15) is 17.1 Å². The molecule has 0 amide bonds. The van der Waals surface area contributed by atoms with Gasteiger partial charge in [-0.15, -0.1) is 0 Å². The molecule has 0 radical (unpaired) electrons. The molecule has 1 N–H and O–H groups in total. The molecule has 0 atom stereocenters. The molecule has 3 aromatic carbocycles. The van der Waals surface area contributed by atoms with Gasteiger partial charge in [0.2, 0.25) is 0 Å². The number of nitrogens with one attached hydrogen (secondary N) is 1. The normalized spacial score (nSPS) is 14.7. The van der Waals surface area contributed by atoms with Gasteiger partial charge in [-0.25, -0.2) is 9.59 Å². The molecular weight excluding hydrogens is 646 g/mol. The Kier molecular flexibility index (Phi) is 7.58. The number of hydrogen-bond acceptors (Lipinski definition) is 7. The average Bonchev–Trinajstić information content (AvgIpc) is 3.77. The zero-order valence-corrected chi connectivity index (χ0v) is 24.7. The number of carbonyl (C=O) groups excluding carboxylic acids is 2. The third-order valence-electron chi connectivity index (χ3n) is 8.18. The molecule has 9 nitrogen and oxygen atoms in total. The van der Waals surface area contributed by atoms with E-state index in [0.29, 0.717) is 41.9 Å². The summed E-state index contributed by atoms with van der Waals surface area (Å²) in [5, 5.41) is 1.40. The number of rotatable bonds is 6. The Morgan fingerprint density at radius 1 is 0.833 bits per heavy atom. The van der Waals surface area contributed by atoms with E-state index in [1.807, 2.05) is 35.4 Å². The van der Waals surface area contributed by atoms with Crippen molar-refractivity contribution in [2.24, 2.45) is 0 Å². The first-order valence-electron chi connectivity index (χ1n) is 14.7. The lowest BCUT2D eigenvalue weighted by atomic mass is 10.1. The van der Waals surface area contributed by atoms with Gasteiger partial charge < -0.3 is 23.9 Å². The van der Waals surface area contributed by atoms with Crippen LogP contribution in [0.25, 0.3) is 44.1 Å². The lowest BCUT2D eigenvalue weighted by Crippen LogP contribution is -2.46. The Bertz CT molecular complexity index is 2140. The number of furan rings is 1. The number of nitrogens with zero attached hydrogens (tertiary/aromatic N) is 3. The Hall–Kier alpha value is -5.44. The van der Waals surface area contributed by atoms with Crippen LogP contribution in [0.2, 0.25) is 0 Å². The van der Waals surface area contributed by atoms with Gasteiger partial charge in [-0.2, -0.15) is 31.1 Å². The van der Waals surface area contributed by atoms with Crippen molar-refractivity contribution in [2.45, 2.75) is 18.9 Å². The van der Waals surface area contributed by atoms with Crippen LogP contribution in [0.15, 0.2) is 83.4 Å². The number of alkyl halides is 6. The lowest BCUT2D eigenvalue weighted by molar-refractivity contribution is -0.199. The van der Waals surface area contributed by atoms with Crippen molar-refractivity contribution < 1.29 is 49.9 Å². The molecule has 48 heavy (non-hydrogen) atoms. The van der Waals surface area contributed by atoms with Crippen LogP contribution in [-0.2, 0) is 16.1 Å². The SMILES string of the molecule is O=C(Oc1cccc2c1c(-c1cc3ccccc3o1)c(CN1CCN(c3cccc4[nH]ccc34)CC1)n2OC(=O)C(F)(F)F)C(F)(F)F. The molecule has 0 aliphatic carbocycles. The van der Waals surface area contributed by atoms with Gasteiger partial charge in [0.25, 0.3) is 0 Å². The number of aromatic nitrogens is 2. The molecule has 0 bridgehead atoms. The van der Waals surface area contributed by atoms with E-state index >= 15 is 0 Å². The number of piperazine rings is 1. The molecule has 3 aromatic heterocycles. The summed E-state index contributed by atoms with van der Waals surface area (Å²) in [6.45, 7) is 1.79. The fourth-order valence-electron chi connectivity index (χ4n) is 6.03. The van der Waals surface area contributed by atoms with Crippen LogP contribution in [0.3, 0.4) is 0 Å². The maximum atomic E-state index is 13.5. The van der Waals surface area contributed by atoms with Crippen molar-refractivity contribution in [3.63, 3.8) is 0 Å². The minimum atomic E-state index is -5.40. The summed E-state index contributed by atoms with van der Waals surface area (Å²) in [4.78, 5) is 36.4. The number of fused-ring (bicyclic) bond motifs is 3. The molecule has 0 spiro atoms. The van der Waals surface area contributed by atoms with E-state index in [2.05, 4.69) is 9.88 Å². The summed E-state index contributed by atoms with van der Waals surface area (Å²) in [6, 6.07) is 19.6. The molecule has 1 aliphatic rings. The van der Waals surface area contributed by atoms with Gasteiger partial charge in [0, 0.05) is 60.9 Å². The third-order valence-corrected chi connectivity index (χ3v) is 8.18. The van der Waals surface area contributed by atoms with Crippen LogP contribution in [-0.4, -0.2) is 65.1 Å². The van der Waals surface area contributed by atoms with Crippen molar-refractivity contribution in [3.05, 3.63) is 84.7 Å². The largest absolute Gasteiger partial charge is 0.493 e. The molecule has 7 rings (SSSR count). The first-order chi connectivity index (χ1) is 22.9. The highest BCUT2D eigenvalue weighted by Crippen LogP contribution is 2.43. The van der Waals surface area contributed by atoms with Gasteiger partial charge in [0.05, 0.1) is 22.2 Å². The maximum absolute atomic E-state index is 13.5. The predicted molar refractivity (Wildman–Crippen MR) is 162 cm³/mol. The topological polar surface area (TPSA) is 92.9 Å². The second-order valence-corrected chi connectivity index (χ2v) is 11.2. The lowest BCUT2D eigenvalue weighted by Gasteiger charge is -2.36. The highest BCUT2D eigenvalue weighted by Gasteiger charge is 2.44. The Morgan fingerprint density at radius 3 is 2.29 bits per heavy atom. The maximum Gasteiger partial charge on any atom is 0.493 e. The molecule has 0 saturated carbocycles. The van der Waals surface area contributed by atoms with Crippen LogP contribution >= 0.6 is 0 Å². The van der Waals surface area contributed by atoms with Crippen molar-refractivity contribution >= 4 is 50.4 Å². The summed E-state index contributed by atoms with van der Waals surface area (Å²) in [5.41, 5.74) is 2.07. The van der Waals surface area contributed by atoms with Gasteiger partial charge in [-0.05, 0) is 42.5 Å².